The van der Waals surface area contributed by atoms with Gasteiger partial charge in [0.15, 0.2) is 5.78 Å². The van der Waals surface area contributed by atoms with Crippen molar-refractivity contribution in [2.45, 2.75) is 12.5 Å². The van der Waals surface area contributed by atoms with Crippen LogP contribution in [0.5, 0.6) is 0 Å². The van der Waals surface area contributed by atoms with E-state index in [1.54, 1.807) is 36.4 Å². The lowest BCUT2D eigenvalue weighted by atomic mass is 10.0. The number of piperazine rings is 1. The average Bonchev–Trinajstić information content (AvgIpc) is 2.67. The largest absolute Gasteiger partial charge is 0.544 e. The Kier molecular flexibility index (Phi) is 6.08. The molecule has 0 aromatic heterocycles. The van der Waals surface area contributed by atoms with E-state index in [0.717, 1.165) is 10.6 Å². The van der Waals surface area contributed by atoms with Gasteiger partial charge < -0.3 is 19.7 Å². The third-order valence-electron chi connectivity index (χ3n) is 4.93. The Hall–Kier alpha value is -2.44. The maximum absolute atomic E-state index is 13.1. The molecule has 0 radical (unpaired) electrons. The van der Waals surface area contributed by atoms with Crippen molar-refractivity contribution in [3.05, 3.63) is 64.9 Å². The number of carboxylic acids is 1. The number of hydrogen-bond acceptors (Lipinski definition) is 4. The Morgan fingerprint density at radius 3 is 2.22 bits per heavy atom. The molecule has 1 fully saturated rings. The third-order valence-corrected chi connectivity index (χ3v) is 5.18. The predicted molar refractivity (Wildman–Crippen MR) is 98.5 cm³/mol. The van der Waals surface area contributed by atoms with Crippen LogP contribution in [-0.2, 0) is 4.79 Å². The highest BCUT2D eigenvalue weighted by Gasteiger charge is 2.30. The smallest absolute Gasteiger partial charge is 0.169 e. The van der Waals surface area contributed by atoms with Gasteiger partial charge in [0, 0.05) is 16.3 Å². The van der Waals surface area contributed by atoms with Crippen molar-refractivity contribution in [2.75, 3.05) is 31.1 Å². The molecule has 0 aliphatic carbocycles. The molecule has 0 unspecified atom stereocenters. The molecular weight excluding hydrogens is 371 g/mol. The van der Waals surface area contributed by atoms with Crippen molar-refractivity contribution < 1.29 is 24.0 Å². The van der Waals surface area contributed by atoms with Gasteiger partial charge in [0.05, 0.1) is 38.6 Å². The molecule has 0 bridgehead atoms. The number of halogens is 2. The summed E-state index contributed by atoms with van der Waals surface area (Å²) in [6, 6.07) is 11.7. The lowest BCUT2D eigenvalue weighted by Gasteiger charge is -2.37. The van der Waals surface area contributed by atoms with E-state index < -0.39 is 12.0 Å². The van der Waals surface area contributed by atoms with E-state index in [1.807, 2.05) is 0 Å². The van der Waals surface area contributed by atoms with Crippen LogP contribution in [0.15, 0.2) is 48.5 Å². The molecular formula is C20H20ClFN2O3. The van der Waals surface area contributed by atoms with Gasteiger partial charge in [-0.3, -0.25) is 4.79 Å². The minimum absolute atomic E-state index is 0.115. The Bertz CT molecular complexity index is 803. The number of benzene rings is 2. The highest BCUT2D eigenvalue weighted by atomic mass is 35.5. The van der Waals surface area contributed by atoms with Crippen molar-refractivity contribution in [2.24, 2.45) is 0 Å². The summed E-state index contributed by atoms with van der Waals surface area (Å²) in [6.07, 6.45) is -0.115. The normalized spacial score (nSPS) is 16.1. The number of ketones is 1. The summed E-state index contributed by atoms with van der Waals surface area (Å²) in [5, 5.41) is 12.2. The van der Waals surface area contributed by atoms with E-state index in [1.165, 1.54) is 12.1 Å². The van der Waals surface area contributed by atoms with Crippen LogP contribution in [0.2, 0.25) is 5.02 Å². The molecule has 2 aromatic rings. The third kappa shape index (κ3) is 4.84. The summed E-state index contributed by atoms with van der Waals surface area (Å²) in [4.78, 5) is 27.0. The summed E-state index contributed by atoms with van der Waals surface area (Å²) in [6.45, 7) is 2.37. The molecule has 5 nitrogen and oxygen atoms in total. The lowest BCUT2D eigenvalue weighted by molar-refractivity contribution is -0.918. The fraction of sp³-hybridized carbons (Fsp3) is 0.300. The van der Waals surface area contributed by atoms with Gasteiger partial charge in [0.1, 0.15) is 11.9 Å². The van der Waals surface area contributed by atoms with Crippen LogP contribution in [-0.4, -0.2) is 44.0 Å². The van der Waals surface area contributed by atoms with Crippen molar-refractivity contribution in [3.63, 3.8) is 0 Å². The van der Waals surface area contributed by atoms with E-state index in [2.05, 4.69) is 4.90 Å². The summed E-state index contributed by atoms with van der Waals surface area (Å²) in [7, 11) is 0. The van der Waals surface area contributed by atoms with E-state index >= 15 is 0 Å². The second-order valence-corrected chi connectivity index (χ2v) is 7.06. The minimum Gasteiger partial charge on any atom is -0.544 e. The minimum atomic E-state index is -1.22. The summed E-state index contributed by atoms with van der Waals surface area (Å²) in [5.41, 5.74) is 1.34. The molecule has 0 spiro atoms. The fourth-order valence-electron chi connectivity index (χ4n) is 3.39. The number of carboxylic acid groups (broad SMARTS) is 1. The number of hydrogen-bond donors (Lipinski definition) is 1. The van der Waals surface area contributed by atoms with E-state index in [4.69, 9.17) is 11.6 Å². The molecule has 3 rings (SSSR count). The van der Waals surface area contributed by atoms with Gasteiger partial charge in [-0.25, -0.2) is 4.39 Å². The molecule has 1 aliphatic rings. The Morgan fingerprint density at radius 2 is 1.67 bits per heavy atom. The molecule has 1 N–H and O–H groups in total. The van der Waals surface area contributed by atoms with Crippen LogP contribution in [0, 0.1) is 5.82 Å². The van der Waals surface area contributed by atoms with Crippen molar-refractivity contribution in [3.8, 4) is 0 Å². The summed E-state index contributed by atoms with van der Waals surface area (Å²) < 4.78 is 13.1. The van der Waals surface area contributed by atoms with Gasteiger partial charge in [-0.05, 0) is 48.5 Å². The molecule has 2 aromatic carbocycles. The molecule has 142 valence electrons. The zero-order valence-electron chi connectivity index (χ0n) is 14.7. The van der Waals surface area contributed by atoms with Crippen molar-refractivity contribution in [1.29, 1.82) is 0 Å². The first kappa shape index (κ1) is 19.3. The Balaban J connectivity index is 1.62. The second-order valence-electron chi connectivity index (χ2n) is 6.63. The van der Waals surface area contributed by atoms with Crippen LogP contribution < -0.4 is 14.9 Å². The molecule has 1 heterocycles. The second kappa shape index (κ2) is 8.50. The molecule has 1 atom stereocenters. The first-order valence-corrected chi connectivity index (χ1v) is 9.16. The van der Waals surface area contributed by atoms with Crippen molar-refractivity contribution >= 4 is 29.0 Å². The number of aliphatic carboxylic acids is 1. The average molecular weight is 391 g/mol. The number of anilines is 1. The van der Waals surface area contributed by atoms with Gasteiger partial charge in [-0.1, -0.05) is 11.6 Å². The van der Waals surface area contributed by atoms with Gasteiger partial charge in [-0.2, -0.15) is 0 Å². The number of nitrogens with one attached hydrogen (secondary N) is 1. The zero-order chi connectivity index (χ0) is 19.4. The molecule has 0 amide bonds. The quantitative estimate of drug-likeness (QED) is 0.733. The van der Waals surface area contributed by atoms with Gasteiger partial charge in [0.2, 0.25) is 0 Å². The fourth-order valence-corrected chi connectivity index (χ4v) is 3.51. The number of carbonyl (C=O) groups excluding carboxylic acids is 2. The van der Waals surface area contributed by atoms with Crippen LogP contribution in [0.3, 0.4) is 0 Å². The first-order chi connectivity index (χ1) is 12.9. The van der Waals surface area contributed by atoms with Crippen LogP contribution in [0.1, 0.15) is 16.8 Å². The first-order valence-electron chi connectivity index (χ1n) is 8.79. The molecule has 27 heavy (non-hydrogen) atoms. The highest BCUT2D eigenvalue weighted by molar-refractivity contribution is 6.30. The van der Waals surface area contributed by atoms with Crippen LogP contribution >= 0.6 is 11.6 Å². The highest BCUT2D eigenvalue weighted by Crippen LogP contribution is 2.15. The molecule has 0 saturated carbocycles. The SMILES string of the molecule is O=C(C[C@@H](C(=O)[O-])[NH+]1CCN(c2ccc(F)cc2)CC1)c1ccc(Cl)cc1. The van der Waals surface area contributed by atoms with Crippen LogP contribution in [0.4, 0.5) is 10.1 Å². The maximum Gasteiger partial charge on any atom is 0.169 e. The molecule has 1 saturated heterocycles. The number of carbonyl (C=O) groups is 2. The predicted octanol–water partition coefficient (Wildman–Crippen LogP) is 0.576. The van der Waals surface area contributed by atoms with E-state index in [9.17, 15) is 19.1 Å². The topological polar surface area (TPSA) is 64.9 Å². The monoisotopic (exact) mass is 390 g/mol. The van der Waals surface area contributed by atoms with Gasteiger partial charge in [-0.15, -0.1) is 0 Å². The van der Waals surface area contributed by atoms with Crippen molar-refractivity contribution in [1.82, 2.24) is 0 Å². The maximum atomic E-state index is 13.1. The van der Waals surface area contributed by atoms with Gasteiger partial charge >= 0.3 is 0 Å². The van der Waals surface area contributed by atoms with E-state index in [0.29, 0.717) is 36.8 Å². The van der Waals surface area contributed by atoms with E-state index in [-0.39, 0.29) is 18.0 Å². The number of rotatable bonds is 6. The number of quaternary nitrogens is 1. The molecule has 7 heteroatoms. The number of Topliss-reactive ketones (excluding diaryl/α,β-unsaturated/α-hetero) is 1. The number of nitrogens with zero attached hydrogens (tertiary/aromatic N) is 1. The van der Waals surface area contributed by atoms with Gasteiger partial charge in [0.25, 0.3) is 0 Å². The zero-order valence-corrected chi connectivity index (χ0v) is 15.4. The Labute approximate surface area is 162 Å². The lowest BCUT2D eigenvalue weighted by Crippen LogP contribution is -3.19. The Morgan fingerprint density at radius 1 is 1.07 bits per heavy atom. The van der Waals surface area contributed by atoms with Crippen LogP contribution in [0.25, 0.3) is 0 Å². The molecule has 1 aliphatic heterocycles. The summed E-state index contributed by atoms with van der Waals surface area (Å²) >= 11 is 5.82. The standard InChI is InChI=1S/C20H20ClFN2O3/c21-15-3-1-14(2-4-15)19(25)13-18(20(26)27)24-11-9-23(10-12-24)17-7-5-16(22)6-8-17/h1-8,18H,9-13H2,(H,26,27)/t18-/m0/s1. The summed E-state index contributed by atoms with van der Waals surface area (Å²) in [5.74, 6) is -1.75.